The Hall–Kier alpha value is -4.76. The number of hydrogen-bond donors (Lipinski definition) is 7. The van der Waals surface area contributed by atoms with E-state index in [1.165, 1.54) is 23.5 Å². The summed E-state index contributed by atoms with van der Waals surface area (Å²) >= 11 is 27.1. The highest BCUT2D eigenvalue weighted by molar-refractivity contribution is 7.99. The van der Waals surface area contributed by atoms with E-state index in [0.29, 0.717) is 106 Å². The first-order valence-corrected chi connectivity index (χ1v) is 27.3. The summed E-state index contributed by atoms with van der Waals surface area (Å²) in [7, 11) is 8.87. The van der Waals surface area contributed by atoms with Crippen LogP contribution in [0.3, 0.4) is 0 Å². The molecule has 6 N–H and O–H groups in total. The fourth-order valence-corrected chi connectivity index (χ4v) is 5.74. The van der Waals surface area contributed by atoms with Crippen LogP contribution in [0.5, 0.6) is 0 Å². The molecule has 0 bridgehead atoms. The first kappa shape index (κ1) is 78.5. The molecular weight excluding hydrogens is 1180 g/mol. The number of likely N-dealkylation sites (N-methyl/N-ethyl adjacent to an activating group) is 5. The Morgan fingerprint density at radius 3 is 1.05 bits per heavy atom. The van der Waals surface area contributed by atoms with Crippen LogP contribution in [-0.2, 0) is 33.4 Å². The highest BCUT2D eigenvalue weighted by Gasteiger charge is 2.17. The van der Waals surface area contributed by atoms with Gasteiger partial charge in [-0.05, 0) is 81.1 Å². The molecule has 0 aliphatic heterocycles. The van der Waals surface area contributed by atoms with E-state index in [-0.39, 0.29) is 68.7 Å². The normalized spacial score (nSPS) is 9.81. The molecular formula is C46H74Cl4N14O12S3. The van der Waals surface area contributed by atoms with Gasteiger partial charge in [0.15, 0.2) is 10.3 Å². The van der Waals surface area contributed by atoms with Crippen molar-refractivity contribution < 1.29 is 58.9 Å². The highest BCUT2D eigenvalue weighted by atomic mass is 35.5. The number of ether oxygens (including phenoxy) is 3. The Kier molecular flexibility index (Phi) is 47.7. The second-order valence-electron chi connectivity index (χ2n) is 15.2. The van der Waals surface area contributed by atoms with Crippen LogP contribution in [0, 0.1) is 0 Å². The Bertz CT molecular complexity index is 2170. The maximum Gasteiger partial charge on any atom is 0.333 e. The lowest BCUT2D eigenvalue weighted by Crippen LogP contribution is -2.29. The van der Waals surface area contributed by atoms with E-state index in [9.17, 15) is 19.2 Å². The van der Waals surface area contributed by atoms with Gasteiger partial charge in [-0.3, -0.25) is 4.79 Å². The standard InChI is InChI=1S/C23H33N5O6S.C11H21N5O3S.C4H5ClO.C3Cl3N3.C3H9NO.C2H6OS/c1-15(2)18(29)32-11-9-27(7)21-24-22(28(8)10-12-33-19(30)16(3)4)26-23(25-21)35-14-13-34-20(31)17(5)6;1-15(3-5-17)9-12-10(16(2)4-6-18)14-11(13-9)20-8-7-19;1-3(2)4(5)6;4-1-7-2(5)9-3(6)8-1;1-4-2-3-5;3-1-2-4/h1,3,5,9-14H2,2,4,6-8H3;17-19H,3-8H2,1-2H3;1H2,2H3;;4-5H,2-3H2,1H3;3-4H,1-2H2. The number of nitrogens with one attached hydrogen (secondary N) is 1. The van der Waals surface area contributed by atoms with Crippen molar-refractivity contribution in [3.05, 3.63) is 64.5 Å². The molecule has 446 valence electrons. The molecule has 0 aliphatic rings. The van der Waals surface area contributed by atoms with Gasteiger partial charge in [0, 0.05) is 87.4 Å². The van der Waals surface area contributed by atoms with Gasteiger partial charge in [0.05, 0.1) is 46.1 Å². The minimum atomic E-state index is -0.473. The largest absolute Gasteiger partial charge is 0.461 e. The zero-order valence-corrected chi connectivity index (χ0v) is 51.4. The first-order chi connectivity index (χ1) is 37.2. The molecule has 79 heavy (non-hydrogen) atoms. The minimum Gasteiger partial charge on any atom is -0.461 e. The number of aliphatic hydroxyl groups excluding tert-OH is 5. The quantitative estimate of drug-likeness (QED) is 0.0104. The smallest absolute Gasteiger partial charge is 0.333 e. The lowest BCUT2D eigenvalue weighted by Gasteiger charge is -2.21. The minimum absolute atomic E-state index is 0.000000000000000444. The third kappa shape index (κ3) is 41.0. The Labute approximate surface area is 495 Å². The number of carbonyl (C=O) groups is 4. The number of anilines is 4. The monoisotopic (exact) mass is 1250 g/mol. The van der Waals surface area contributed by atoms with E-state index in [4.69, 9.17) is 86.1 Å². The van der Waals surface area contributed by atoms with Crippen molar-refractivity contribution >= 4 is 130 Å². The Balaban J connectivity index is -0.00000108. The van der Waals surface area contributed by atoms with E-state index in [0.717, 1.165) is 0 Å². The van der Waals surface area contributed by atoms with Gasteiger partial charge in [0.25, 0.3) is 0 Å². The number of hydrogen-bond acceptors (Lipinski definition) is 29. The molecule has 3 rings (SSSR count). The van der Waals surface area contributed by atoms with Gasteiger partial charge in [-0.25, -0.2) is 14.4 Å². The van der Waals surface area contributed by atoms with Crippen LogP contribution in [0.15, 0.2) is 58.9 Å². The molecule has 0 unspecified atom stereocenters. The number of carbonyl (C=O) groups excluding carboxylic acids is 4. The van der Waals surface area contributed by atoms with Crippen LogP contribution in [0.1, 0.15) is 27.7 Å². The molecule has 0 aromatic carbocycles. The molecule has 0 atom stereocenters. The summed E-state index contributed by atoms with van der Waals surface area (Å²) in [5.74, 6) is 1.69. The van der Waals surface area contributed by atoms with Crippen molar-refractivity contribution in [3.63, 3.8) is 0 Å². The summed E-state index contributed by atoms with van der Waals surface area (Å²) in [6.45, 7) is 23.3. The molecule has 26 nitrogen and oxygen atoms in total. The third-order valence-corrected chi connectivity index (χ3v) is 10.7. The SMILES string of the molecule is C=C(C)C(=O)Cl.C=C(C)C(=O)OCCSc1nc(N(C)CCOC(=O)C(=C)C)nc(N(C)CCOC(=O)C(=C)C)n1.CN(CCO)c1nc(SCCO)nc(N(C)CCO)n1.CNCCO.Clc1nc(Cl)nc(Cl)n1.OCCS. The predicted octanol–water partition coefficient (Wildman–Crippen LogP) is 3.27. The van der Waals surface area contributed by atoms with Crippen molar-refractivity contribution in [1.29, 1.82) is 0 Å². The molecule has 0 aliphatic carbocycles. The van der Waals surface area contributed by atoms with Crippen molar-refractivity contribution in [3.8, 4) is 0 Å². The predicted molar refractivity (Wildman–Crippen MR) is 315 cm³/mol. The molecule has 0 saturated carbocycles. The van der Waals surface area contributed by atoms with Gasteiger partial charge in [0.2, 0.25) is 44.9 Å². The zero-order chi connectivity index (χ0) is 61.0. The molecule has 0 spiro atoms. The zero-order valence-electron chi connectivity index (χ0n) is 45.8. The second kappa shape index (κ2) is 48.0. The van der Waals surface area contributed by atoms with Gasteiger partial charge in [-0.15, -0.1) is 0 Å². The Morgan fingerprint density at radius 2 is 0.810 bits per heavy atom. The lowest BCUT2D eigenvalue weighted by molar-refractivity contribution is -0.139. The Morgan fingerprint density at radius 1 is 0.506 bits per heavy atom. The molecule has 3 aromatic rings. The molecule has 0 fully saturated rings. The van der Waals surface area contributed by atoms with Crippen LogP contribution < -0.4 is 24.9 Å². The fourth-order valence-electron chi connectivity index (χ4n) is 3.92. The maximum atomic E-state index is 11.6. The van der Waals surface area contributed by atoms with E-state index in [1.54, 1.807) is 82.5 Å². The average molecular weight is 1250 g/mol. The van der Waals surface area contributed by atoms with Gasteiger partial charge in [-0.2, -0.15) is 57.5 Å². The van der Waals surface area contributed by atoms with Crippen LogP contribution in [0.25, 0.3) is 0 Å². The lowest BCUT2D eigenvalue weighted by atomic mass is 10.4. The summed E-state index contributed by atoms with van der Waals surface area (Å²) in [6.07, 6.45) is 0. The number of aromatic nitrogens is 9. The summed E-state index contributed by atoms with van der Waals surface area (Å²) in [5.41, 5.74) is 1.34. The van der Waals surface area contributed by atoms with Crippen molar-refractivity contribution in [2.24, 2.45) is 0 Å². The molecule has 0 radical (unpaired) electrons. The van der Waals surface area contributed by atoms with Crippen molar-refractivity contribution in [2.45, 2.75) is 38.0 Å². The first-order valence-electron chi connectivity index (χ1n) is 23.2. The number of aliphatic hydroxyl groups is 5. The molecule has 3 heterocycles. The topological polar surface area (TPSA) is 338 Å². The van der Waals surface area contributed by atoms with E-state index in [1.807, 2.05) is 0 Å². The molecule has 0 amide bonds. The maximum absolute atomic E-state index is 11.6. The van der Waals surface area contributed by atoms with Crippen LogP contribution >= 0.6 is 82.6 Å². The van der Waals surface area contributed by atoms with Crippen LogP contribution in [-0.4, -0.2) is 232 Å². The van der Waals surface area contributed by atoms with Gasteiger partial charge in [0.1, 0.15) is 19.8 Å². The summed E-state index contributed by atoms with van der Waals surface area (Å²) in [4.78, 5) is 88.1. The van der Waals surface area contributed by atoms with Gasteiger partial charge in [-0.1, -0.05) is 49.8 Å². The van der Waals surface area contributed by atoms with E-state index >= 15 is 0 Å². The van der Waals surface area contributed by atoms with Gasteiger partial charge >= 0.3 is 17.9 Å². The number of halogens is 4. The number of thioether (sulfide) groups is 2. The number of thiol groups is 1. The summed E-state index contributed by atoms with van der Waals surface area (Å²) in [5, 5.41) is 45.9. The van der Waals surface area contributed by atoms with E-state index < -0.39 is 23.2 Å². The van der Waals surface area contributed by atoms with Crippen LogP contribution in [0.4, 0.5) is 23.8 Å². The number of nitrogens with zero attached hydrogens (tertiary/aromatic N) is 13. The highest BCUT2D eigenvalue weighted by Crippen LogP contribution is 2.21. The summed E-state index contributed by atoms with van der Waals surface area (Å²) in [6, 6.07) is 0. The van der Waals surface area contributed by atoms with Gasteiger partial charge < -0.3 is 64.7 Å². The van der Waals surface area contributed by atoms with Crippen molar-refractivity contribution in [1.82, 2.24) is 50.2 Å². The molecule has 3 aromatic heterocycles. The number of rotatable bonds is 28. The fraction of sp³-hybridized carbons (Fsp3) is 0.543. The second-order valence-corrected chi connectivity index (χ2v) is 19.1. The number of allylic oxidation sites excluding steroid dienone is 1. The van der Waals surface area contributed by atoms with E-state index in [2.05, 4.69) is 89.1 Å². The number of esters is 3. The summed E-state index contributed by atoms with van der Waals surface area (Å²) < 4.78 is 15.4. The molecule has 0 saturated heterocycles. The third-order valence-electron chi connectivity index (χ3n) is 8.01. The molecule has 33 heteroatoms. The van der Waals surface area contributed by atoms with Crippen LogP contribution in [0.2, 0.25) is 15.9 Å². The average Bonchev–Trinajstić information content (AvgIpc) is 3.39. The van der Waals surface area contributed by atoms with Crippen molar-refractivity contribution in [2.75, 3.05) is 158 Å².